The summed E-state index contributed by atoms with van der Waals surface area (Å²) in [5.41, 5.74) is 8.42. The van der Waals surface area contributed by atoms with Gasteiger partial charge in [-0.05, 0) is 173 Å². The van der Waals surface area contributed by atoms with Crippen molar-refractivity contribution in [1.82, 2.24) is 19.1 Å². The summed E-state index contributed by atoms with van der Waals surface area (Å²) in [5, 5.41) is 22.7. The molecule has 1 aliphatic heterocycles. The van der Waals surface area contributed by atoms with Crippen molar-refractivity contribution in [1.29, 1.82) is 0 Å². The number of alkyl halides is 10. The van der Waals surface area contributed by atoms with Gasteiger partial charge in [0.25, 0.3) is 12.3 Å². The maximum atomic E-state index is 12.5. The number of H-pyrrole nitrogens is 2. The first-order valence-electron chi connectivity index (χ1n) is 34.4. The van der Waals surface area contributed by atoms with Gasteiger partial charge >= 0.3 is 42.2 Å². The zero-order valence-electron chi connectivity index (χ0n) is 62.5. The van der Waals surface area contributed by atoms with E-state index in [1.807, 2.05) is 36.4 Å². The zero-order chi connectivity index (χ0) is 89.9. The number of carboxylic acids is 1. The first-order chi connectivity index (χ1) is 56.8. The van der Waals surface area contributed by atoms with Crippen LogP contribution in [0.1, 0.15) is 88.4 Å². The van der Waals surface area contributed by atoms with Gasteiger partial charge in [-0.15, -0.1) is 49.7 Å². The number of azo groups is 1. The SMILES string of the molecule is C.C.C.CCC(=O)N=NC=O.CCOC(=O)Cc1c(Cl)[nH]c2cc(Cl)ccc12.CCOC(=O)Cc1c(Cl)n(Cc2cccc(OC(F)(F)F)c2)c2cc(Cl)ccc12.Clc1ccc2cc(Cl)[nH]c2c1.FC(F)(F)Oc1cccc(CBr)c1.O=C(O)Cc1c(Cl)n(Cc2cccc(OC(F)(F)F)c2)c2cc(Cl)ccc12.O=C1Cc2ccc(Cl)cc2N1.O=P(Cl)(Cl)Cl.[Cu]. The molecule has 0 aliphatic carbocycles. The number of carbonyl (C=O) groups excluding carboxylic acids is 5. The van der Waals surface area contributed by atoms with Gasteiger partial charge in [-0.2, -0.15) is 0 Å². The predicted molar refractivity (Wildman–Crippen MR) is 478 cm³/mol. The van der Waals surface area contributed by atoms with E-state index in [-0.39, 0.29) is 136 Å². The normalized spacial score (nSPS) is 11.2. The van der Waals surface area contributed by atoms with Gasteiger partial charge in [-0.25, -0.2) is 0 Å². The molecule has 125 heavy (non-hydrogen) atoms. The molecule has 12 aromatic rings. The Kier molecular flexibility index (Phi) is 48.3. The van der Waals surface area contributed by atoms with Crippen LogP contribution in [0.5, 0.6) is 17.2 Å². The topological polar surface area (TPSA) is 264 Å². The molecule has 0 saturated heterocycles. The van der Waals surface area contributed by atoms with E-state index in [2.05, 4.69) is 89.4 Å². The van der Waals surface area contributed by atoms with Crippen LogP contribution in [-0.2, 0) is 104 Å². The molecule has 1 radical (unpaired) electrons. The molecule has 4 aromatic heterocycles. The van der Waals surface area contributed by atoms with E-state index in [1.54, 1.807) is 109 Å². The van der Waals surface area contributed by atoms with Crippen molar-refractivity contribution >= 4 is 245 Å². The average molecular weight is 2120 g/mol. The fourth-order valence-corrected chi connectivity index (χ4v) is 13.2. The summed E-state index contributed by atoms with van der Waals surface area (Å²) >= 11 is 71.2. The Bertz CT molecular complexity index is 5720. The summed E-state index contributed by atoms with van der Waals surface area (Å²) in [6.07, 6.45) is -13.4. The number of halogens is 22. The maximum absolute atomic E-state index is 12.5. The molecule has 8 aromatic carbocycles. The first kappa shape index (κ1) is 113. The van der Waals surface area contributed by atoms with Crippen molar-refractivity contribution in [2.45, 2.75) is 113 Å². The number of carboxylic acid groups (broad SMARTS) is 1. The largest absolute Gasteiger partial charge is 0.573 e. The number of aromatic nitrogens is 4. The van der Waals surface area contributed by atoms with Crippen LogP contribution in [0, 0.1) is 0 Å². The molecule has 3 amide bonds. The van der Waals surface area contributed by atoms with E-state index in [0.717, 1.165) is 54.6 Å². The molecule has 20 nitrogen and oxygen atoms in total. The van der Waals surface area contributed by atoms with Crippen LogP contribution < -0.4 is 19.5 Å². The van der Waals surface area contributed by atoms with Gasteiger partial charge in [0.15, 0.2) is 0 Å². The summed E-state index contributed by atoms with van der Waals surface area (Å²) in [7, 11) is 0. The van der Waals surface area contributed by atoms with Crippen LogP contribution >= 0.6 is 159 Å². The second-order valence-electron chi connectivity index (χ2n) is 24.2. The number of nitrogens with one attached hydrogen (secondary N) is 3. The maximum Gasteiger partial charge on any atom is 0.573 e. The molecule has 0 saturated carbocycles. The second kappa shape index (κ2) is 53.2. The second-order valence-corrected chi connectivity index (χ2v) is 35.1. The Morgan fingerprint density at radius 3 is 1.36 bits per heavy atom. The number of aromatic amines is 2. The zero-order valence-corrected chi connectivity index (χ0v) is 75.0. The van der Waals surface area contributed by atoms with Crippen molar-refractivity contribution < 1.29 is 119 Å². The Morgan fingerprint density at radius 1 is 0.528 bits per heavy atom. The number of hydrogen-bond donors (Lipinski definition) is 4. The number of amides is 3. The summed E-state index contributed by atoms with van der Waals surface area (Å²) in [6, 6.07) is 45.3. The minimum atomic E-state index is -4.79. The van der Waals surface area contributed by atoms with Crippen LogP contribution in [0.15, 0.2) is 180 Å². The number of fused-ring (bicyclic) bond motifs is 5. The molecular weight excluding hydrogens is 2050 g/mol. The molecule has 0 spiro atoms. The summed E-state index contributed by atoms with van der Waals surface area (Å²) in [6.45, 7) is 6.01. The summed E-state index contributed by atoms with van der Waals surface area (Å²) in [5.74, 6) is -2.96. The number of carbonyl (C=O) groups is 6. The van der Waals surface area contributed by atoms with E-state index in [4.69, 9.17) is 119 Å². The van der Waals surface area contributed by atoms with Gasteiger partial charge in [0.2, 0.25) is 5.91 Å². The minimum Gasteiger partial charge on any atom is -0.481 e. The first-order valence-corrected chi connectivity index (χ1v) is 43.3. The van der Waals surface area contributed by atoms with Gasteiger partial charge < -0.3 is 53.2 Å². The molecule has 13 rings (SSSR count). The monoisotopic (exact) mass is 2120 g/mol. The standard InChI is InChI=1S/C20H16Cl2F3NO3.C18H12Cl2F3NO3.C12H11Cl2NO2.C8H6BrF3O.C8H5Cl2N.C8H6ClNO.C4H6N2O2.3CH4.Cl3OP.Cu/c1-2-28-18(27)10-16-15-7-6-13(21)9-17(15)26(19(16)22)11-12-4-3-5-14(8-12)29-20(23,24)25;19-11-4-5-13-14(8-16(25)26)17(20)24(15(13)7-11)9-10-2-1-3-12(6-10)27-18(21,22)23;1-2-17-11(16)6-9-8-4-3-7(13)5-10(8)15-12(9)14;9-5-6-2-1-3-7(4-6)13-8(10,11)12;9-6-2-1-5-3-8(10)11-7(5)4-6;9-6-2-1-5-3-8(11)10-7(5)4-6;1-2-4(8)6-5-3-7;;;;1-5(2,3)4;/h3-9H,2,10-11H2,1H3;1-7H,8-9H2,(H,25,26);3-5,15H,2,6H2,1H3;1-4H,5H2;1-4,11H;1-2,4H,3H2,(H,10,11);3H,2H2,1H3;3*1H4;;. The quantitative estimate of drug-likeness (QED) is 0.0119. The Hall–Kier alpha value is -7.78. The molecular formula is C81H74BrCl12CuF9N7O13P. The number of hydrogen-bond acceptors (Lipinski definition) is 12. The van der Waals surface area contributed by atoms with Crippen molar-refractivity contribution in [3.8, 4) is 17.2 Å². The van der Waals surface area contributed by atoms with Crippen molar-refractivity contribution in [3.05, 3.63) is 255 Å². The molecule has 4 N–H and O–H groups in total. The van der Waals surface area contributed by atoms with Gasteiger partial charge in [-0.1, -0.05) is 216 Å². The van der Waals surface area contributed by atoms with Crippen LogP contribution in [0.25, 0.3) is 43.6 Å². The third-order valence-electron chi connectivity index (χ3n) is 15.5. The number of aliphatic carboxylic acids is 1. The molecule has 681 valence electrons. The van der Waals surface area contributed by atoms with Crippen LogP contribution in [0.3, 0.4) is 0 Å². The van der Waals surface area contributed by atoms with Gasteiger partial charge in [0.05, 0.1) is 49.9 Å². The Balaban J connectivity index is 0.000000506. The van der Waals surface area contributed by atoms with Gasteiger partial charge in [0, 0.05) is 122 Å². The molecule has 0 unspecified atom stereocenters. The molecule has 0 fully saturated rings. The average Bonchev–Trinajstić information content (AvgIpc) is 1.62. The summed E-state index contributed by atoms with van der Waals surface area (Å²) in [4.78, 5) is 71.0. The molecule has 1 aliphatic rings. The molecule has 5 heterocycles. The molecule has 0 atom stereocenters. The fraction of sp³-hybridized carbons (Fsp3) is 0.235. The smallest absolute Gasteiger partial charge is 0.481 e. The minimum absolute atomic E-state index is 0. The number of esters is 2. The fourth-order valence-electron chi connectivity index (χ4n) is 10.9. The van der Waals surface area contributed by atoms with Crippen LogP contribution in [0.2, 0.25) is 45.7 Å². The van der Waals surface area contributed by atoms with E-state index < -0.39 is 36.2 Å². The van der Waals surface area contributed by atoms with E-state index in [1.165, 1.54) is 54.6 Å². The Labute approximate surface area is 789 Å². The number of anilines is 1. The van der Waals surface area contributed by atoms with E-state index >= 15 is 0 Å². The van der Waals surface area contributed by atoms with Crippen molar-refractivity contribution in [2.75, 3.05) is 18.5 Å². The van der Waals surface area contributed by atoms with E-state index in [0.29, 0.717) is 87.4 Å². The molecule has 0 bridgehead atoms. The van der Waals surface area contributed by atoms with Gasteiger partial charge in [0.1, 0.15) is 37.9 Å². The Morgan fingerprint density at radius 2 is 0.928 bits per heavy atom. The number of ether oxygens (including phenoxy) is 5. The molecule has 44 heteroatoms. The number of rotatable bonds is 18. The van der Waals surface area contributed by atoms with Gasteiger partial charge in [-0.3, -0.25) is 33.3 Å². The number of benzene rings is 8. The van der Waals surface area contributed by atoms with Crippen LogP contribution in [-0.4, -0.2) is 92.6 Å². The van der Waals surface area contributed by atoms with Crippen molar-refractivity contribution in [2.24, 2.45) is 10.2 Å². The van der Waals surface area contributed by atoms with Crippen LogP contribution in [0.4, 0.5) is 45.2 Å². The third kappa shape index (κ3) is 39.4. The predicted octanol–water partition coefficient (Wildman–Crippen LogP) is 29.1. The third-order valence-corrected chi connectivity index (χ3v) is 18.7. The summed E-state index contributed by atoms with van der Waals surface area (Å²) < 4.78 is 144. The van der Waals surface area contributed by atoms with Crippen molar-refractivity contribution in [3.63, 3.8) is 0 Å². The number of nitrogens with zero attached hydrogens (tertiary/aromatic N) is 4. The van der Waals surface area contributed by atoms with E-state index in [9.17, 15) is 72.8 Å².